The average molecular weight is 524 g/mol. The molecule has 0 unspecified atom stereocenters. The molecule has 7 heteroatoms. The van der Waals surface area contributed by atoms with Crippen LogP contribution in [0.25, 0.3) is 0 Å². The van der Waals surface area contributed by atoms with E-state index in [1.54, 1.807) is 48.4 Å². The van der Waals surface area contributed by atoms with E-state index in [9.17, 15) is 14.0 Å². The molecule has 1 aliphatic heterocycles. The van der Waals surface area contributed by atoms with E-state index in [0.29, 0.717) is 29.8 Å². The van der Waals surface area contributed by atoms with Gasteiger partial charge in [0.1, 0.15) is 11.6 Å². The lowest BCUT2D eigenvalue weighted by molar-refractivity contribution is -0.133. The summed E-state index contributed by atoms with van der Waals surface area (Å²) in [5, 5.41) is 0. The summed E-state index contributed by atoms with van der Waals surface area (Å²) in [4.78, 5) is 36.0. The second-order valence-corrected chi connectivity index (χ2v) is 9.67. The molecule has 39 heavy (non-hydrogen) atoms. The van der Waals surface area contributed by atoms with Crippen molar-refractivity contribution in [2.45, 2.75) is 24.9 Å². The predicted molar refractivity (Wildman–Crippen MR) is 147 cm³/mol. The maximum Gasteiger partial charge on any atom is 0.255 e. The maximum absolute atomic E-state index is 14.2. The van der Waals surface area contributed by atoms with Gasteiger partial charge in [0.25, 0.3) is 5.91 Å². The molecule has 0 fully saturated rings. The highest BCUT2D eigenvalue weighted by Gasteiger charge is 2.45. The number of nitrogens with zero attached hydrogens (tertiary/aromatic N) is 3. The Morgan fingerprint density at radius 3 is 2.38 bits per heavy atom. The highest BCUT2D eigenvalue weighted by molar-refractivity contribution is 6.01. The maximum atomic E-state index is 14.2. The summed E-state index contributed by atoms with van der Waals surface area (Å²) in [6, 6.07) is 26.1. The second kappa shape index (κ2) is 11.5. The Morgan fingerprint density at radius 2 is 1.69 bits per heavy atom. The van der Waals surface area contributed by atoms with E-state index in [1.165, 1.54) is 12.1 Å². The molecule has 0 radical (unpaired) electrons. The molecule has 198 valence electrons. The number of hydrogen-bond donors (Lipinski definition) is 0. The summed E-state index contributed by atoms with van der Waals surface area (Å²) in [5.74, 6) is -0.557. The fraction of sp³-hybridized carbons (Fsp3) is 0.219. The predicted octanol–water partition coefficient (Wildman–Crippen LogP) is 5.41. The summed E-state index contributed by atoms with van der Waals surface area (Å²) in [6.45, 7) is 0.710. The van der Waals surface area contributed by atoms with Crippen molar-refractivity contribution < 1.29 is 18.7 Å². The molecule has 1 aromatic heterocycles. The van der Waals surface area contributed by atoms with Crippen LogP contribution in [0.15, 0.2) is 97.2 Å². The van der Waals surface area contributed by atoms with Gasteiger partial charge in [-0.1, -0.05) is 48.5 Å². The normalized spacial score (nSPS) is 16.5. The lowest BCUT2D eigenvalue weighted by atomic mass is 9.78. The Labute approximate surface area is 227 Å². The van der Waals surface area contributed by atoms with Crippen LogP contribution < -0.4 is 4.74 Å². The number of aromatic nitrogens is 1. The number of halogens is 1. The highest BCUT2D eigenvalue weighted by atomic mass is 19.1. The van der Waals surface area contributed by atoms with Gasteiger partial charge in [0.05, 0.1) is 19.1 Å². The molecule has 4 aromatic rings. The molecule has 5 rings (SSSR count). The van der Waals surface area contributed by atoms with E-state index in [2.05, 4.69) is 4.98 Å². The molecule has 3 aromatic carbocycles. The Hall–Kier alpha value is -4.52. The minimum Gasteiger partial charge on any atom is -0.497 e. The van der Waals surface area contributed by atoms with E-state index in [0.717, 1.165) is 16.8 Å². The van der Waals surface area contributed by atoms with Crippen molar-refractivity contribution in [3.8, 4) is 5.75 Å². The van der Waals surface area contributed by atoms with Crippen molar-refractivity contribution in [1.82, 2.24) is 14.8 Å². The number of pyridine rings is 1. The van der Waals surface area contributed by atoms with Crippen LogP contribution in [-0.4, -0.2) is 47.3 Å². The zero-order valence-corrected chi connectivity index (χ0v) is 22.0. The number of likely N-dealkylation sites (N-methyl/N-ethyl adjacent to an activating group) is 1. The zero-order valence-electron chi connectivity index (χ0n) is 22.0. The SMILES string of the molecule is COc1ccc([C@H]2[C@@H](C(=O)N(C)CCc3ccccn3)c3ccccc3C(=O)N2Cc2ccc(F)cc2)cc1. The fourth-order valence-corrected chi connectivity index (χ4v) is 5.17. The minimum atomic E-state index is -0.638. The molecule has 2 atom stereocenters. The standard InChI is InChI=1S/C32H30FN3O3/c1-35(20-18-25-7-5-6-19-34-25)32(38)29-27-8-3-4-9-28(27)31(37)36(21-22-10-14-24(33)15-11-22)30(29)23-12-16-26(39-2)17-13-23/h3-17,19,29-30H,18,20-21H2,1-2H3/t29-,30-/m0/s1. The number of carbonyl (C=O) groups excluding carboxylic acids is 2. The summed E-state index contributed by atoms with van der Waals surface area (Å²) in [6.07, 6.45) is 2.36. The monoisotopic (exact) mass is 523 g/mol. The highest BCUT2D eigenvalue weighted by Crippen LogP contribution is 2.44. The first-order valence-electron chi connectivity index (χ1n) is 12.9. The summed E-state index contributed by atoms with van der Waals surface area (Å²) < 4.78 is 19.0. The van der Waals surface area contributed by atoms with E-state index in [4.69, 9.17) is 4.74 Å². The molecular formula is C32H30FN3O3. The van der Waals surface area contributed by atoms with Crippen LogP contribution in [0.2, 0.25) is 0 Å². The van der Waals surface area contributed by atoms with Gasteiger partial charge in [-0.05, 0) is 59.2 Å². The first-order valence-corrected chi connectivity index (χ1v) is 12.9. The summed E-state index contributed by atoms with van der Waals surface area (Å²) >= 11 is 0. The van der Waals surface area contributed by atoms with Gasteiger partial charge in [-0.15, -0.1) is 0 Å². The molecule has 0 bridgehead atoms. The van der Waals surface area contributed by atoms with Gasteiger partial charge >= 0.3 is 0 Å². The van der Waals surface area contributed by atoms with Gasteiger partial charge < -0.3 is 14.5 Å². The largest absolute Gasteiger partial charge is 0.497 e. The van der Waals surface area contributed by atoms with Crippen molar-refractivity contribution in [1.29, 1.82) is 0 Å². The van der Waals surface area contributed by atoms with Crippen LogP contribution in [0.5, 0.6) is 5.75 Å². The number of benzene rings is 3. The Balaban J connectivity index is 1.56. The molecule has 2 amide bonds. The van der Waals surface area contributed by atoms with Crippen LogP contribution in [-0.2, 0) is 17.8 Å². The van der Waals surface area contributed by atoms with Crippen LogP contribution >= 0.6 is 0 Å². The Morgan fingerprint density at radius 1 is 0.974 bits per heavy atom. The van der Waals surface area contributed by atoms with E-state index < -0.39 is 12.0 Å². The van der Waals surface area contributed by atoms with Crippen LogP contribution in [0.1, 0.15) is 44.7 Å². The van der Waals surface area contributed by atoms with Gasteiger partial charge in [0, 0.05) is 44.0 Å². The molecule has 0 N–H and O–H groups in total. The number of methoxy groups -OCH3 is 1. The topological polar surface area (TPSA) is 62.7 Å². The average Bonchev–Trinajstić information content (AvgIpc) is 2.98. The first kappa shape index (κ1) is 26.1. The number of rotatable bonds is 8. The van der Waals surface area contributed by atoms with Crippen molar-refractivity contribution >= 4 is 11.8 Å². The lowest BCUT2D eigenvalue weighted by Crippen LogP contribution is -2.47. The Kier molecular flexibility index (Phi) is 7.68. The third kappa shape index (κ3) is 5.53. The number of ether oxygens (including phenoxy) is 1. The third-order valence-corrected chi connectivity index (χ3v) is 7.23. The van der Waals surface area contributed by atoms with E-state index >= 15 is 0 Å². The van der Waals surface area contributed by atoms with Gasteiger partial charge in [-0.2, -0.15) is 0 Å². The van der Waals surface area contributed by atoms with Gasteiger partial charge in [-0.3, -0.25) is 14.6 Å². The van der Waals surface area contributed by atoms with Crippen LogP contribution in [0, 0.1) is 5.82 Å². The molecule has 1 aliphatic rings. The summed E-state index contributed by atoms with van der Waals surface area (Å²) in [5.41, 5.74) is 3.70. The molecular weight excluding hydrogens is 493 g/mol. The molecule has 0 saturated carbocycles. The van der Waals surface area contributed by atoms with Crippen molar-refractivity contribution in [3.05, 3.63) is 131 Å². The van der Waals surface area contributed by atoms with Gasteiger partial charge in [-0.25, -0.2) is 4.39 Å². The van der Waals surface area contributed by atoms with Crippen molar-refractivity contribution in [2.75, 3.05) is 20.7 Å². The molecule has 0 saturated heterocycles. The van der Waals surface area contributed by atoms with Crippen molar-refractivity contribution in [2.24, 2.45) is 0 Å². The van der Waals surface area contributed by atoms with E-state index in [-0.39, 0.29) is 24.2 Å². The molecule has 2 heterocycles. The van der Waals surface area contributed by atoms with Crippen molar-refractivity contribution in [3.63, 3.8) is 0 Å². The molecule has 0 aliphatic carbocycles. The van der Waals surface area contributed by atoms with E-state index in [1.807, 2.05) is 60.7 Å². The van der Waals surface area contributed by atoms with Gasteiger partial charge in [0.15, 0.2) is 0 Å². The zero-order chi connectivity index (χ0) is 27.4. The first-order chi connectivity index (χ1) is 19.0. The fourth-order valence-electron chi connectivity index (χ4n) is 5.17. The molecule has 6 nitrogen and oxygen atoms in total. The lowest BCUT2D eigenvalue weighted by Gasteiger charge is -2.43. The smallest absolute Gasteiger partial charge is 0.255 e. The number of carbonyl (C=O) groups is 2. The number of amides is 2. The third-order valence-electron chi connectivity index (χ3n) is 7.23. The quantitative estimate of drug-likeness (QED) is 0.310. The number of fused-ring (bicyclic) bond motifs is 1. The van der Waals surface area contributed by atoms with Gasteiger partial charge in [0.2, 0.25) is 5.91 Å². The molecule has 0 spiro atoms. The second-order valence-electron chi connectivity index (χ2n) is 9.67. The summed E-state index contributed by atoms with van der Waals surface area (Å²) in [7, 11) is 3.39. The van der Waals surface area contributed by atoms with Crippen LogP contribution in [0.3, 0.4) is 0 Å². The Bertz CT molecular complexity index is 1440. The number of hydrogen-bond acceptors (Lipinski definition) is 4. The minimum absolute atomic E-state index is 0.0872. The van der Waals surface area contributed by atoms with Crippen LogP contribution in [0.4, 0.5) is 4.39 Å².